The van der Waals surface area contributed by atoms with Crippen molar-refractivity contribution in [3.8, 4) is 0 Å². The fraction of sp³-hybridized carbons (Fsp3) is 0.0909. The van der Waals surface area contributed by atoms with E-state index >= 15 is 0 Å². The van der Waals surface area contributed by atoms with Gasteiger partial charge in [-0.05, 0) is 28.5 Å². The van der Waals surface area contributed by atoms with Crippen LogP contribution in [0.4, 0.5) is 0 Å². The normalized spacial score (nSPS) is 11.5. The van der Waals surface area contributed by atoms with Gasteiger partial charge in [0, 0.05) is 34.2 Å². The van der Waals surface area contributed by atoms with Crippen LogP contribution in [0.25, 0.3) is 21.7 Å². The lowest BCUT2D eigenvalue weighted by molar-refractivity contribution is -0.120. The van der Waals surface area contributed by atoms with Crippen LogP contribution in [-0.2, 0) is 18.3 Å². The number of para-hydroxylation sites is 1. The number of carbonyl (C=O) groups is 1. The van der Waals surface area contributed by atoms with Gasteiger partial charge in [0.2, 0.25) is 5.91 Å². The Morgan fingerprint density at radius 2 is 1.74 bits per heavy atom. The van der Waals surface area contributed by atoms with Crippen molar-refractivity contribution in [3.05, 3.63) is 82.5 Å². The summed E-state index contributed by atoms with van der Waals surface area (Å²) in [5.74, 6) is -0.140. The van der Waals surface area contributed by atoms with Crippen molar-refractivity contribution in [3.63, 3.8) is 0 Å². The number of nitrogens with one attached hydrogen (secondary N) is 1. The predicted molar refractivity (Wildman–Crippen MR) is 114 cm³/mol. The molecule has 4 rings (SSSR count). The molecule has 3 aromatic carbocycles. The second-order valence-electron chi connectivity index (χ2n) is 6.43. The lowest BCUT2D eigenvalue weighted by Crippen LogP contribution is -2.19. The van der Waals surface area contributed by atoms with Crippen LogP contribution in [0.3, 0.4) is 0 Å². The molecule has 134 valence electrons. The molecule has 0 aliphatic carbocycles. The molecule has 27 heavy (non-hydrogen) atoms. The molecule has 1 amide bonds. The Kier molecular flexibility index (Phi) is 4.77. The predicted octanol–water partition coefficient (Wildman–Crippen LogP) is 4.79. The number of aryl methyl sites for hydroxylation is 1. The van der Waals surface area contributed by atoms with E-state index in [1.807, 2.05) is 72.4 Å². The molecule has 1 heterocycles. The number of carbonyl (C=O) groups excluding carboxylic acids is 1. The monoisotopic (exact) mass is 419 g/mol. The second-order valence-corrected chi connectivity index (χ2v) is 7.29. The third-order valence-electron chi connectivity index (χ3n) is 4.63. The zero-order valence-electron chi connectivity index (χ0n) is 14.8. The topological polar surface area (TPSA) is 46.4 Å². The summed E-state index contributed by atoms with van der Waals surface area (Å²) in [5, 5.41) is 7.43. The third kappa shape index (κ3) is 3.51. The smallest absolute Gasteiger partial charge is 0.244 e. The molecule has 0 spiro atoms. The maximum atomic E-state index is 12.4. The highest BCUT2D eigenvalue weighted by Gasteiger charge is 2.08. The largest absolute Gasteiger partial charge is 0.350 e. The lowest BCUT2D eigenvalue weighted by atomic mass is 10.0. The molecule has 0 radical (unpaired) electrons. The van der Waals surface area contributed by atoms with E-state index in [1.54, 1.807) is 6.21 Å². The number of hydrogen-bond donors (Lipinski definition) is 1. The minimum absolute atomic E-state index is 0.140. The van der Waals surface area contributed by atoms with Crippen molar-refractivity contribution < 1.29 is 4.79 Å². The van der Waals surface area contributed by atoms with Crippen LogP contribution < -0.4 is 5.43 Å². The number of halogens is 1. The van der Waals surface area contributed by atoms with Gasteiger partial charge in [0.1, 0.15) is 0 Å². The lowest BCUT2D eigenvalue weighted by Gasteiger charge is -2.07. The van der Waals surface area contributed by atoms with Crippen molar-refractivity contribution in [2.24, 2.45) is 12.1 Å². The van der Waals surface area contributed by atoms with Crippen LogP contribution in [0.5, 0.6) is 0 Å². The first kappa shape index (κ1) is 17.5. The summed E-state index contributed by atoms with van der Waals surface area (Å²) in [6, 6.07) is 20.1. The standard InChI is InChI=1S/C22H18BrN3O/c1-26-14-16(18-7-4-5-9-21(18)26)13-24-25-22(27)12-15-10-11-20(23)19-8-3-2-6-17(15)19/h2-11,13-14H,12H2,1H3,(H,25,27). The van der Waals surface area contributed by atoms with Crippen LogP contribution in [0.1, 0.15) is 11.1 Å². The number of benzene rings is 3. The van der Waals surface area contributed by atoms with Crippen LogP contribution >= 0.6 is 15.9 Å². The first-order valence-electron chi connectivity index (χ1n) is 8.65. The molecule has 0 aliphatic heterocycles. The Bertz CT molecular complexity index is 1180. The Hall–Kier alpha value is -2.92. The molecule has 0 atom stereocenters. The average molecular weight is 420 g/mol. The van der Waals surface area contributed by atoms with E-state index in [0.29, 0.717) is 0 Å². The number of nitrogens with zero attached hydrogens (tertiary/aromatic N) is 2. The van der Waals surface area contributed by atoms with Crippen molar-refractivity contribution in [1.82, 2.24) is 9.99 Å². The van der Waals surface area contributed by atoms with Gasteiger partial charge >= 0.3 is 0 Å². The molecule has 0 aliphatic rings. The molecule has 0 saturated carbocycles. The summed E-state index contributed by atoms with van der Waals surface area (Å²) >= 11 is 3.56. The van der Waals surface area contributed by atoms with E-state index in [4.69, 9.17) is 0 Å². The summed E-state index contributed by atoms with van der Waals surface area (Å²) < 4.78 is 3.07. The number of rotatable bonds is 4. The molecular weight excluding hydrogens is 402 g/mol. The summed E-state index contributed by atoms with van der Waals surface area (Å²) in [4.78, 5) is 12.4. The van der Waals surface area contributed by atoms with Gasteiger partial charge in [0.05, 0.1) is 12.6 Å². The third-order valence-corrected chi connectivity index (χ3v) is 5.32. The van der Waals surface area contributed by atoms with E-state index in [0.717, 1.165) is 37.3 Å². The van der Waals surface area contributed by atoms with Gasteiger partial charge in [-0.15, -0.1) is 0 Å². The van der Waals surface area contributed by atoms with Crippen LogP contribution in [0.15, 0.2) is 76.4 Å². The van der Waals surface area contributed by atoms with Gasteiger partial charge in [-0.2, -0.15) is 5.10 Å². The van der Waals surface area contributed by atoms with Crippen LogP contribution in [0, 0.1) is 0 Å². The first-order chi connectivity index (χ1) is 13.1. The Morgan fingerprint density at radius 3 is 2.56 bits per heavy atom. The number of aromatic nitrogens is 1. The zero-order chi connectivity index (χ0) is 18.8. The minimum Gasteiger partial charge on any atom is -0.350 e. The van der Waals surface area contributed by atoms with E-state index in [1.165, 1.54) is 0 Å². The van der Waals surface area contributed by atoms with Gasteiger partial charge in [-0.25, -0.2) is 5.43 Å². The minimum atomic E-state index is -0.140. The van der Waals surface area contributed by atoms with E-state index < -0.39 is 0 Å². The highest BCUT2D eigenvalue weighted by molar-refractivity contribution is 9.10. The highest BCUT2D eigenvalue weighted by atomic mass is 79.9. The Labute approximate surface area is 165 Å². The number of hydrazone groups is 1. The Morgan fingerprint density at radius 1 is 1.04 bits per heavy atom. The maximum Gasteiger partial charge on any atom is 0.244 e. The van der Waals surface area contributed by atoms with Crippen LogP contribution in [0.2, 0.25) is 0 Å². The summed E-state index contributed by atoms with van der Waals surface area (Å²) in [6.45, 7) is 0. The van der Waals surface area contributed by atoms with E-state index in [9.17, 15) is 4.79 Å². The summed E-state index contributed by atoms with van der Waals surface area (Å²) in [6.07, 6.45) is 3.98. The maximum absolute atomic E-state index is 12.4. The Balaban J connectivity index is 1.50. The molecule has 1 N–H and O–H groups in total. The molecular formula is C22H18BrN3O. The molecule has 0 bridgehead atoms. The van der Waals surface area contributed by atoms with Gasteiger partial charge in [-0.3, -0.25) is 4.79 Å². The van der Waals surface area contributed by atoms with Gasteiger partial charge in [0.25, 0.3) is 0 Å². The van der Waals surface area contributed by atoms with Crippen molar-refractivity contribution >= 4 is 49.7 Å². The number of hydrogen-bond acceptors (Lipinski definition) is 2. The van der Waals surface area contributed by atoms with Crippen molar-refractivity contribution in [2.45, 2.75) is 6.42 Å². The molecule has 0 fully saturated rings. The number of fused-ring (bicyclic) bond motifs is 2. The average Bonchev–Trinajstić information content (AvgIpc) is 3.01. The van der Waals surface area contributed by atoms with Gasteiger partial charge in [-0.1, -0.05) is 64.5 Å². The van der Waals surface area contributed by atoms with Gasteiger partial charge in [0.15, 0.2) is 0 Å². The zero-order valence-corrected chi connectivity index (χ0v) is 16.4. The molecule has 4 aromatic rings. The van der Waals surface area contributed by atoms with Crippen LogP contribution in [-0.4, -0.2) is 16.7 Å². The molecule has 0 unspecified atom stereocenters. The summed E-state index contributed by atoms with van der Waals surface area (Å²) in [5.41, 5.74) is 5.73. The quantitative estimate of drug-likeness (QED) is 0.375. The fourth-order valence-corrected chi connectivity index (χ4v) is 3.82. The molecule has 5 heteroatoms. The molecule has 0 saturated heterocycles. The van der Waals surface area contributed by atoms with Crippen molar-refractivity contribution in [1.29, 1.82) is 0 Å². The van der Waals surface area contributed by atoms with Gasteiger partial charge < -0.3 is 4.57 Å². The highest BCUT2D eigenvalue weighted by Crippen LogP contribution is 2.27. The fourth-order valence-electron chi connectivity index (χ4n) is 3.34. The van der Waals surface area contributed by atoms with E-state index in [2.05, 4.69) is 32.5 Å². The molecule has 4 nitrogen and oxygen atoms in total. The van der Waals surface area contributed by atoms with E-state index in [-0.39, 0.29) is 12.3 Å². The molecule has 1 aromatic heterocycles. The second kappa shape index (κ2) is 7.37. The first-order valence-corrected chi connectivity index (χ1v) is 9.45. The van der Waals surface area contributed by atoms with Crippen molar-refractivity contribution in [2.75, 3.05) is 0 Å². The number of amides is 1. The SMILES string of the molecule is Cn1cc(C=NNC(=O)Cc2ccc(Br)c3ccccc23)c2ccccc21. The summed E-state index contributed by atoms with van der Waals surface area (Å²) in [7, 11) is 2.00.